The molecule has 0 saturated carbocycles. The van der Waals surface area contributed by atoms with Gasteiger partial charge in [0.1, 0.15) is 5.82 Å². The molecule has 0 aliphatic carbocycles. The number of aliphatic hydroxyl groups is 1. The number of aromatic nitrogens is 1. The van der Waals surface area contributed by atoms with Crippen LogP contribution in [-0.4, -0.2) is 22.3 Å². The number of hydrogen-bond acceptors (Lipinski definition) is 2. The first-order valence-electron chi connectivity index (χ1n) is 6.90. The normalized spacial score (nSPS) is 14.2. The Balaban J connectivity index is 2.15. The summed E-state index contributed by atoms with van der Waals surface area (Å²) in [4.78, 5) is 0. The molecule has 108 valence electrons. The zero-order valence-electron chi connectivity index (χ0n) is 11.5. The Morgan fingerprint density at radius 1 is 1.10 bits per heavy atom. The maximum atomic E-state index is 13.3. The first-order valence-corrected chi connectivity index (χ1v) is 6.90. The number of aliphatic hydroxyl groups excluding tert-OH is 1. The fraction of sp³-hybridized carbons (Fsp3) is 0.176. The highest BCUT2D eigenvalue weighted by Gasteiger charge is 2.22. The van der Waals surface area contributed by atoms with E-state index in [4.69, 9.17) is 5.73 Å². The lowest BCUT2D eigenvalue weighted by Crippen LogP contribution is -2.31. The predicted molar refractivity (Wildman–Crippen MR) is 81.5 cm³/mol. The molecule has 3 nitrogen and oxygen atoms in total. The van der Waals surface area contributed by atoms with Gasteiger partial charge in [-0.1, -0.05) is 30.3 Å². The van der Waals surface area contributed by atoms with Crippen molar-refractivity contribution in [1.29, 1.82) is 0 Å². The van der Waals surface area contributed by atoms with Crippen molar-refractivity contribution >= 4 is 10.9 Å². The largest absolute Gasteiger partial charge is 0.389 e. The highest BCUT2D eigenvalue weighted by atomic mass is 19.1. The van der Waals surface area contributed by atoms with Crippen LogP contribution in [0.5, 0.6) is 0 Å². The molecule has 0 amide bonds. The summed E-state index contributed by atoms with van der Waals surface area (Å²) in [6.07, 6.45) is 1.15. The summed E-state index contributed by atoms with van der Waals surface area (Å²) < 4.78 is 15.3. The molecule has 0 fully saturated rings. The summed E-state index contributed by atoms with van der Waals surface area (Å²) in [6, 6.07) is 15.9. The van der Waals surface area contributed by atoms with E-state index in [0.717, 1.165) is 16.5 Å². The van der Waals surface area contributed by atoms with Gasteiger partial charge in [0.25, 0.3) is 0 Å². The molecule has 1 heterocycles. The Morgan fingerprint density at radius 3 is 2.57 bits per heavy atom. The Labute approximate surface area is 122 Å². The molecule has 1 aromatic heterocycles. The van der Waals surface area contributed by atoms with E-state index in [2.05, 4.69) is 0 Å². The number of rotatable bonds is 4. The number of nitrogens with two attached hydrogens (primary N) is 1. The van der Waals surface area contributed by atoms with E-state index in [1.54, 1.807) is 6.07 Å². The molecule has 2 atom stereocenters. The summed E-state index contributed by atoms with van der Waals surface area (Å²) in [5.41, 5.74) is 7.50. The van der Waals surface area contributed by atoms with Crippen LogP contribution >= 0.6 is 0 Å². The molecular weight excluding hydrogens is 267 g/mol. The zero-order valence-corrected chi connectivity index (χ0v) is 11.5. The van der Waals surface area contributed by atoms with Crippen LogP contribution in [0.1, 0.15) is 11.6 Å². The lowest BCUT2D eigenvalue weighted by Gasteiger charge is -2.25. The maximum absolute atomic E-state index is 13.3. The molecule has 4 heteroatoms. The SMILES string of the molecule is NC[C@H](O)[C@@H](c1ccccc1)n1ccc2cc(F)ccc21. The molecular formula is C17H17FN2O. The lowest BCUT2D eigenvalue weighted by atomic mass is 10.0. The van der Waals surface area contributed by atoms with Crippen LogP contribution < -0.4 is 5.73 Å². The number of benzene rings is 2. The Bertz CT molecular complexity index is 739. The van der Waals surface area contributed by atoms with Gasteiger partial charge in [0.05, 0.1) is 12.1 Å². The van der Waals surface area contributed by atoms with Gasteiger partial charge < -0.3 is 15.4 Å². The van der Waals surface area contributed by atoms with Crippen LogP contribution in [0.3, 0.4) is 0 Å². The average Bonchev–Trinajstić information content (AvgIpc) is 2.91. The Kier molecular flexibility index (Phi) is 3.73. The summed E-state index contributed by atoms with van der Waals surface area (Å²) in [7, 11) is 0. The molecule has 0 aliphatic heterocycles. The average molecular weight is 284 g/mol. The van der Waals surface area contributed by atoms with Crippen molar-refractivity contribution in [2.75, 3.05) is 6.54 Å². The van der Waals surface area contributed by atoms with Crippen molar-refractivity contribution in [3.8, 4) is 0 Å². The predicted octanol–water partition coefficient (Wildman–Crippen LogP) is 2.69. The molecule has 3 N–H and O–H groups in total. The van der Waals surface area contributed by atoms with Crippen molar-refractivity contribution < 1.29 is 9.50 Å². The van der Waals surface area contributed by atoms with Crippen molar-refractivity contribution in [2.45, 2.75) is 12.1 Å². The molecule has 0 radical (unpaired) electrons. The van der Waals surface area contributed by atoms with Crippen molar-refractivity contribution in [1.82, 2.24) is 4.57 Å². The van der Waals surface area contributed by atoms with Crippen LogP contribution in [-0.2, 0) is 0 Å². The van der Waals surface area contributed by atoms with Gasteiger partial charge in [0.15, 0.2) is 0 Å². The van der Waals surface area contributed by atoms with E-state index >= 15 is 0 Å². The first kappa shape index (κ1) is 13.8. The monoisotopic (exact) mass is 284 g/mol. The van der Waals surface area contributed by atoms with Crippen molar-refractivity contribution in [3.63, 3.8) is 0 Å². The molecule has 0 aliphatic rings. The van der Waals surface area contributed by atoms with E-state index in [0.29, 0.717) is 0 Å². The third-order valence-corrected chi connectivity index (χ3v) is 3.73. The molecule has 0 spiro atoms. The van der Waals surface area contributed by atoms with Crippen molar-refractivity contribution in [3.05, 3.63) is 72.2 Å². The second-order valence-electron chi connectivity index (χ2n) is 5.08. The number of halogens is 1. The Hall–Kier alpha value is -2.17. The van der Waals surface area contributed by atoms with E-state index < -0.39 is 6.10 Å². The molecule has 0 saturated heterocycles. The van der Waals surface area contributed by atoms with E-state index in [9.17, 15) is 9.50 Å². The van der Waals surface area contributed by atoms with Gasteiger partial charge in [-0.05, 0) is 29.8 Å². The molecule has 3 rings (SSSR count). The van der Waals surface area contributed by atoms with E-state index in [1.165, 1.54) is 12.1 Å². The highest BCUT2D eigenvalue weighted by molar-refractivity contribution is 5.80. The minimum Gasteiger partial charge on any atom is -0.389 e. The first-order chi connectivity index (χ1) is 10.2. The second kappa shape index (κ2) is 5.68. The van der Waals surface area contributed by atoms with Crippen LogP contribution in [0.15, 0.2) is 60.8 Å². The van der Waals surface area contributed by atoms with Gasteiger partial charge in [-0.25, -0.2) is 4.39 Å². The quantitative estimate of drug-likeness (QED) is 0.774. The topological polar surface area (TPSA) is 51.2 Å². The van der Waals surface area contributed by atoms with Crippen LogP contribution in [0.4, 0.5) is 4.39 Å². The number of hydrogen-bond donors (Lipinski definition) is 2. The third kappa shape index (κ3) is 2.55. The van der Waals surface area contributed by atoms with Gasteiger partial charge in [0, 0.05) is 23.6 Å². The van der Waals surface area contributed by atoms with E-state index in [1.807, 2.05) is 47.2 Å². The summed E-state index contributed by atoms with van der Waals surface area (Å²) in [6.45, 7) is 0.153. The van der Waals surface area contributed by atoms with Gasteiger partial charge in [0.2, 0.25) is 0 Å². The maximum Gasteiger partial charge on any atom is 0.123 e. The molecule has 0 unspecified atom stereocenters. The molecule has 3 aromatic rings. The summed E-state index contributed by atoms with van der Waals surface area (Å²) in [5, 5.41) is 11.1. The minimum atomic E-state index is -0.715. The fourth-order valence-electron chi connectivity index (χ4n) is 2.72. The third-order valence-electron chi connectivity index (χ3n) is 3.73. The number of fused-ring (bicyclic) bond motifs is 1. The van der Waals surface area contributed by atoms with E-state index in [-0.39, 0.29) is 18.4 Å². The van der Waals surface area contributed by atoms with Crippen LogP contribution in [0.2, 0.25) is 0 Å². The van der Waals surface area contributed by atoms with Gasteiger partial charge >= 0.3 is 0 Å². The standard InChI is InChI=1S/C17H17FN2O/c18-14-6-7-15-13(10-14)8-9-20(15)17(16(21)11-19)12-4-2-1-3-5-12/h1-10,16-17,21H,11,19H2/t16-,17+/m0/s1. The smallest absolute Gasteiger partial charge is 0.123 e. The Morgan fingerprint density at radius 2 is 1.86 bits per heavy atom. The fourth-order valence-corrected chi connectivity index (χ4v) is 2.72. The lowest BCUT2D eigenvalue weighted by molar-refractivity contribution is 0.140. The minimum absolute atomic E-state index is 0.153. The second-order valence-corrected chi connectivity index (χ2v) is 5.08. The summed E-state index contributed by atoms with van der Waals surface area (Å²) >= 11 is 0. The van der Waals surface area contributed by atoms with Crippen LogP contribution in [0.25, 0.3) is 10.9 Å². The molecule has 21 heavy (non-hydrogen) atoms. The molecule has 2 aromatic carbocycles. The van der Waals surface area contributed by atoms with Gasteiger partial charge in [-0.3, -0.25) is 0 Å². The van der Waals surface area contributed by atoms with Gasteiger partial charge in [-0.2, -0.15) is 0 Å². The number of nitrogens with zero attached hydrogens (tertiary/aromatic N) is 1. The summed E-state index contributed by atoms with van der Waals surface area (Å²) in [5.74, 6) is -0.268. The van der Waals surface area contributed by atoms with Crippen molar-refractivity contribution in [2.24, 2.45) is 5.73 Å². The highest BCUT2D eigenvalue weighted by Crippen LogP contribution is 2.28. The van der Waals surface area contributed by atoms with Gasteiger partial charge in [-0.15, -0.1) is 0 Å². The molecule has 0 bridgehead atoms. The zero-order chi connectivity index (χ0) is 14.8. The van der Waals surface area contributed by atoms with Crippen LogP contribution in [0, 0.1) is 5.82 Å².